The van der Waals surface area contributed by atoms with Crippen LogP contribution in [-0.2, 0) is 28.6 Å². The molecular formula is C29H42N4O8. The van der Waals surface area contributed by atoms with Gasteiger partial charge < -0.3 is 40.9 Å². The van der Waals surface area contributed by atoms with Crippen molar-refractivity contribution in [2.45, 2.75) is 65.0 Å². The summed E-state index contributed by atoms with van der Waals surface area (Å²) in [5.74, 6) is -1.55. The third-order valence-corrected chi connectivity index (χ3v) is 7.04. The minimum Gasteiger partial charge on any atom is -0.439 e. The van der Waals surface area contributed by atoms with Gasteiger partial charge in [0.25, 0.3) is 5.91 Å². The highest BCUT2D eigenvalue weighted by molar-refractivity contribution is 6.25. The second-order valence-corrected chi connectivity index (χ2v) is 10.3. The molecule has 2 amide bonds. The molecule has 0 aromatic heterocycles. The number of carbonyl (C=O) groups is 3. The highest BCUT2D eigenvalue weighted by Gasteiger charge is 2.32. The van der Waals surface area contributed by atoms with Crippen molar-refractivity contribution in [2.24, 2.45) is 28.5 Å². The number of aliphatic hydroxyl groups is 1. The van der Waals surface area contributed by atoms with Gasteiger partial charge in [-0.3, -0.25) is 9.59 Å². The van der Waals surface area contributed by atoms with Gasteiger partial charge in [0.15, 0.2) is 6.10 Å². The molecule has 0 saturated carbocycles. The van der Waals surface area contributed by atoms with Gasteiger partial charge in [-0.2, -0.15) is 0 Å². The Morgan fingerprint density at radius 2 is 1.83 bits per heavy atom. The van der Waals surface area contributed by atoms with E-state index < -0.39 is 48.1 Å². The molecule has 1 aliphatic heterocycles. The summed E-state index contributed by atoms with van der Waals surface area (Å²) < 4.78 is 16.6. The molecule has 12 heteroatoms. The topological polar surface area (TPSA) is 185 Å². The summed E-state index contributed by atoms with van der Waals surface area (Å²) in [6.45, 7) is 7.03. The van der Waals surface area contributed by atoms with E-state index in [0.717, 1.165) is 0 Å². The van der Waals surface area contributed by atoms with Crippen molar-refractivity contribution in [1.29, 1.82) is 0 Å². The fourth-order valence-electron chi connectivity index (χ4n) is 4.79. The van der Waals surface area contributed by atoms with Crippen LogP contribution in [0.3, 0.4) is 0 Å². The summed E-state index contributed by atoms with van der Waals surface area (Å²) in [6.07, 6.45) is 4.25. The molecule has 6 N–H and O–H groups in total. The molecule has 2 bridgehead atoms. The first kappa shape index (κ1) is 33.5. The Labute approximate surface area is 240 Å². The number of methoxy groups -OCH3 is 2. The summed E-state index contributed by atoms with van der Waals surface area (Å²) in [5, 5.41) is 17.7. The zero-order valence-electron chi connectivity index (χ0n) is 24.7. The average molecular weight is 575 g/mol. The van der Waals surface area contributed by atoms with Crippen molar-refractivity contribution in [1.82, 2.24) is 5.32 Å². The molecule has 1 heterocycles. The van der Waals surface area contributed by atoms with Crippen LogP contribution in [-0.4, -0.2) is 74.3 Å². The van der Waals surface area contributed by atoms with Crippen LogP contribution in [0.25, 0.3) is 0 Å². The molecule has 226 valence electrons. The Hall–Kier alpha value is -3.74. The lowest BCUT2D eigenvalue weighted by Crippen LogP contribution is -2.37. The van der Waals surface area contributed by atoms with Gasteiger partial charge in [0.2, 0.25) is 5.78 Å². The molecule has 41 heavy (non-hydrogen) atoms. The lowest BCUT2D eigenvalue weighted by molar-refractivity contribution is -0.119. The fourth-order valence-corrected chi connectivity index (χ4v) is 4.79. The second-order valence-electron chi connectivity index (χ2n) is 10.3. The standard InChI is InChI=1S/C29H42N4O8/c1-15-11-19-24(30)20(33-40-7)14-21(26(19)35)32-28(36)16(2)9-8-10-22(38-5)27(41-29(31)37)18(4)13-17(3)25(34)23(12-15)39-6/h8-10,13-15,17,22-23,25,27,34H,11-12,30H2,1-7H3,(H2,31,37)(H,32,36)/b10-8-,16-9+,18-13+,33-20+/t15-,17+,22+,23+,25-,27+/m1/s1. The van der Waals surface area contributed by atoms with Crippen molar-refractivity contribution in [3.63, 3.8) is 0 Å². The largest absolute Gasteiger partial charge is 0.439 e. The summed E-state index contributed by atoms with van der Waals surface area (Å²) >= 11 is 0. The van der Waals surface area contributed by atoms with Gasteiger partial charge in [0, 0.05) is 31.3 Å². The van der Waals surface area contributed by atoms with Gasteiger partial charge in [-0.15, -0.1) is 0 Å². The van der Waals surface area contributed by atoms with Crippen LogP contribution in [0.2, 0.25) is 0 Å². The van der Waals surface area contributed by atoms with Crippen molar-refractivity contribution in [3.8, 4) is 0 Å². The summed E-state index contributed by atoms with van der Waals surface area (Å²) in [6, 6.07) is 0. The van der Waals surface area contributed by atoms with Gasteiger partial charge >= 0.3 is 6.09 Å². The molecule has 0 saturated heterocycles. The number of fused-ring (bicyclic) bond motifs is 2. The predicted molar refractivity (Wildman–Crippen MR) is 153 cm³/mol. The lowest BCUT2D eigenvalue weighted by atomic mass is 9.85. The minimum atomic E-state index is -0.992. The zero-order chi connectivity index (χ0) is 30.9. The number of carbonyl (C=O) groups excluding carboxylic acids is 3. The number of primary amides is 1. The summed E-state index contributed by atoms with van der Waals surface area (Å²) in [5.41, 5.74) is 13.1. The van der Waals surface area contributed by atoms with Crippen LogP contribution in [0.15, 0.2) is 63.6 Å². The number of ether oxygens (including phenoxy) is 3. The van der Waals surface area contributed by atoms with Crippen molar-refractivity contribution in [2.75, 3.05) is 21.3 Å². The SMILES string of the molecule is CO/N=C1\C=C2NC(=O)/C(C)=C/C=C\[C@H](OC)[C@@H](OC(N)=O)/C(C)=C/[C@H](C)[C@@H](O)[C@@H](OC)C[C@H](C)CC(=C1N)C2=O. The number of hydrogen-bond acceptors (Lipinski definition) is 10. The minimum absolute atomic E-state index is 0.00157. The van der Waals surface area contributed by atoms with E-state index >= 15 is 0 Å². The fraction of sp³-hybridized carbons (Fsp3) is 0.517. The second kappa shape index (κ2) is 15.3. The predicted octanol–water partition coefficient (Wildman–Crippen LogP) is 2.15. The first-order chi connectivity index (χ1) is 19.3. The number of rotatable bonds is 4. The van der Waals surface area contributed by atoms with Crippen LogP contribution in [0.4, 0.5) is 4.79 Å². The molecule has 0 spiro atoms. The van der Waals surface area contributed by atoms with Gasteiger partial charge in [0.1, 0.15) is 18.9 Å². The number of nitrogens with one attached hydrogen (secondary N) is 1. The molecule has 12 nitrogen and oxygen atoms in total. The zero-order valence-corrected chi connectivity index (χ0v) is 24.7. The van der Waals surface area contributed by atoms with Gasteiger partial charge in [0.05, 0.1) is 23.6 Å². The Morgan fingerprint density at radius 3 is 2.41 bits per heavy atom. The van der Waals surface area contributed by atoms with Crippen LogP contribution in [0.1, 0.15) is 40.5 Å². The van der Waals surface area contributed by atoms with Gasteiger partial charge in [-0.1, -0.05) is 43.3 Å². The molecule has 0 aromatic carbocycles. The van der Waals surface area contributed by atoms with Crippen LogP contribution < -0.4 is 16.8 Å². The normalized spacial score (nSPS) is 33.2. The van der Waals surface area contributed by atoms with Crippen molar-refractivity contribution >= 4 is 23.5 Å². The van der Waals surface area contributed by atoms with Crippen LogP contribution in [0, 0.1) is 11.8 Å². The van der Waals surface area contributed by atoms with E-state index in [1.807, 2.05) is 13.8 Å². The molecular weight excluding hydrogens is 532 g/mol. The maximum absolute atomic E-state index is 13.4. The molecule has 0 radical (unpaired) electrons. The summed E-state index contributed by atoms with van der Waals surface area (Å²) in [7, 11) is 4.29. The third kappa shape index (κ3) is 8.87. The van der Waals surface area contributed by atoms with E-state index in [0.29, 0.717) is 12.0 Å². The molecule has 1 aliphatic carbocycles. The number of amides is 2. The highest BCUT2D eigenvalue weighted by atomic mass is 16.6. The average Bonchev–Trinajstić information content (AvgIpc) is 2.92. The Morgan fingerprint density at radius 1 is 1.15 bits per heavy atom. The number of oxime groups is 1. The van der Waals surface area contributed by atoms with E-state index in [2.05, 4.69) is 10.5 Å². The highest BCUT2D eigenvalue weighted by Crippen LogP contribution is 2.28. The van der Waals surface area contributed by atoms with E-state index in [1.54, 1.807) is 32.1 Å². The van der Waals surface area contributed by atoms with E-state index in [4.69, 9.17) is 30.5 Å². The molecule has 0 unspecified atom stereocenters. The van der Waals surface area contributed by atoms with Gasteiger partial charge in [-0.25, -0.2) is 4.79 Å². The molecule has 0 aromatic rings. The Bertz CT molecular complexity index is 1180. The first-order valence-corrected chi connectivity index (χ1v) is 13.2. The first-order valence-electron chi connectivity index (χ1n) is 13.2. The lowest BCUT2D eigenvalue weighted by Gasteiger charge is -2.30. The number of aliphatic hydroxyl groups excluding tert-OH is 1. The molecule has 0 fully saturated rings. The van der Waals surface area contributed by atoms with E-state index in [9.17, 15) is 19.5 Å². The number of Topliss-reactive ketones (excluding diaryl/α,β-unsaturated/α-hetero) is 1. The number of allylic oxidation sites excluding steroid dienone is 4. The molecule has 2 aliphatic rings. The number of nitrogens with two attached hydrogens (primary N) is 2. The van der Waals surface area contributed by atoms with Crippen molar-refractivity contribution < 1.29 is 38.5 Å². The van der Waals surface area contributed by atoms with Crippen molar-refractivity contribution in [3.05, 3.63) is 58.5 Å². The number of nitrogens with zero attached hydrogens (tertiary/aromatic N) is 1. The number of hydrogen-bond donors (Lipinski definition) is 4. The van der Waals surface area contributed by atoms with E-state index in [-0.39, 0.29) is 40.6 Å². The maximum atomic E-state index is 13.4. The maximum Gasteiger partial charge on any atom is 0.405 e. The quantitative estimate of drug-likeness (QED) is 0.222. The Kier molecular flexibility index (Phi) is 12.5. The summed E-state index contributed by atoms with van der Waals surface area (Å²) in [4.78, 5) is 43.0. The number of ketones is 1. The third-order valence-electron chi connectivity index (χ3n) is 7.04. The van der Waals surface area contributed by atoms with Gasteiger partial charge in [-0.05, 0) is 44.3 Å². The van der Waals surface area contributed by atoms with E-state index in [1.165, 1.54) is 33.5 Å². The molecule has 6 atom stereocenters. The molecule has 2 rings (SSSR count). The smallest absolute Gasteiger partial charge is 0.405 e. The Balaban J connectivity index is 2.63. The van der Waals surface area contributed by atoms with Crippen LogP contribution >= 0.6 is 0 Å². The monoisotopic (exact) mass is 574 g/mol. The van der Waals surface area contributed by atoms with Crippen LogP contribution in [0.5, 0.6) is 0 Å².